The summed E-state index contributed by atoms with van der Waals surface area (Å²) in [5.41, 5.74) is 39.5. The summed E-state index contributed by atoms with van der Waals surface area (Å²) in [7, 11) is 0. The largest absolute Gasteiger partial charge is 0.396 e. The predicted octanol–water partition coefficient (Wildman–Crippen LogP) is -1.20. The van der Waals surface area contributed by atoms with E-state index in [2.05, 4.69) is 0 Å². The lowest BCUT2D eigenvalue weighted by atomic mass is 9.98. The zero-order valence-corrected chi connectivity index (χ0v) is 9.94. The molecule has 0 aliphatic carbocycles. The summed E-state index contributed by atoms with van der Waals surface area (Å²) >= 11 is 0. The molecule has 1 rings (SSSR count). The zero-order valence-electron chi connectivity index (χ0n) is 9.94. The molecular formula is C10H19N7O. The number of nitrogen functional groups attached to an aromatic ring is 5. The molecule has 0 amide bonds. The minimum absolute atomic E-state index is 0.0368. The molecule has 0 aliphatic rings. The molecule has 0 spiro atoms. The molecule has 1 aromatic rings. The summed E-state index contributed by atoms with van der Waals surface area (Å²) in [5, 5.41) is 0. The molecule has 0 heterocycles. The van der Waals surface area contributed by atoms with Crippen LogP contribution in [0.4, 0.5) is 28.4 Å². The summed E-state index contributed by atoms with van der Waals surface area (Å²) in [5.74, 6) is -0.315. The molecule has 18 heavy (non-hydrogen) atoms. The molecule has 0 aliphatic heterocycles. The van der Waals surface area contributed by atoms with Crippen molar-refractivity contribution in [1.82, 2.24) is 0 Å². The van der Waals surface area contributed by atoms with Crippen LogP contribution in [-0.2, 0) is 0 Å². The highest BCUT2D eigenvalue weighted by molar-refractivity contribution is 6.13. The summed E-state index contributed by atoms with van der Waals surface area (Å²) in [4.78, 5) is 12.0. The minimum atomic E-state index is -0.583. The molecular weight excluding hydrogens is 234 g/mol. The van der Waals surface area contributed by atoms with Gasteiger partial charge in [0.1, 0.15) is 0 Å². The van der Waals surface area contributed by atoms with Crippen LogP contribution >= 0.6 is 0 Å². The summed E-state index contributed by atoms with van der Waals surface area (Å²) in [6.07, 6.45) is -0.170. The normalized spacial score (nSPS) is 10.8. The Hall–Kier alpha value is -2.19. The number of hydrogen-bond acceptors (Lipinski definition) is 8. The molecule has 0 unspecified atom stereocenters. The average Bonchev–Trinajstić information content (AvgIpc) is 2.31. The van der Waals surface area contributed by atoms with E-state index >= 15 is 0 Å². The maximum atomic E-state index is 12.0. The van der Waals surface area contributed by atoms with Gasteiger partial charge in [0, 0.05) is 6.42 Å². The second kappa shape index (κ2) is 4.98. The number of rotatable bonds is 4. The topological polar surface area (TPSA) is 199 Å². The Balaban J connectivity index is 3.21. The molecule has 0 saturated heterocycles. The van der Waals surface area contributed by atoms with Gasteiger partial charge in [0.05, 0.1) is 40.2 Å². The van der Waals surface area contributed by atoms with E-state index < -0.39 is 6.17 Å². The number of carbonyl (C=O) groups is 1. The number of Topliss-reactive ketones (excluding diaryl/α,β-unsaturated/α-hetero) is 1. The Morgan fingerprint density at radius 3 is 1.61 bits per heavy atom. The maximum Gasteiger partial charge on any atom is 0.167 e. The third kappa shape index (κ3) is 2.39. The van der Waals surface area contributed by atoms with Gasteiger partial charge in [-0.25, -0.2) is 0 Å². The first-order valence-corrected chi connectivity index (χ1v) is 5.33. The van der Waals surface area contributed by atoms with Gasteiger partial charge in [-0.15, -0.1) is 0 Å². The van der Waals surface area contributed by atoms with E-state index in [1.807, 2.05) is 0 Å². The van der Waals surface area contributed by atoms with E-state index in [0.717, 1.165) is 0 Å². The van der Waals surface area contributed by atoms with Crippen LogP contribution < -0.4 is 40.1 Å². The highest BCUT2D eigenvalue weighted by Crippen LogP contribution is 2.38. The van der Waals surface area contributed by atoms with Crippen LogP contribution in [-0.4, -0.2) is 11.9 Å². The average molecular weight is 253 g/mol. The molecule has 0 fully saturated rings. The van der Waals surface area contributed by atoms with Crippen LogP contribution in [0.5, 0.6) is 0 Å². The van der Waals surface area contributed by atoms with Crippen molar-refractivity contribution in [3.05, 3.63) is 5.56 Å². The second-order valence-corrected chi connectivity index (χ2v) is 4.07. The van der Waals surface area contributed by atoms with Crippen LogP contribution in [0.1, 0.15) is 23.2 Å². The molecule has 100 valence electrons. The fraction of sp³-hybridized carbons (Fsp3) is 0.300. The van der Waals surface area contributed by atoms with Gasteiger partial charge in [-0.3, -0.25) is 4.79 Å². The van der Waals surface area contributed by atoms with Crippen LogP contribution in [0.15, 0.2) is 0 Å². The van der Waals surface area contributed by atoms with Crippen molar-refractivity contribution in [1.29, 1.82) is 0 Å². The Labute approximate surface area is 104 Å². The van der Waals surface area contributed by atoms with Gasteiger partial charge in [-0.1, -0.05) is 0 Å². The Morgan fingerprint density at radius 2 is 1.22 bits per heavy atom. The van der Waals surface area contributed by atoms with Crippen molar-refractivity contribution in [3.8, 4) is 0 Å². The third-order valence-electron chi connectivity index (χ3n) is 2.68. The van der Waals surface area contributed by atoms with Crippen molar-refractivity contribution in [2.45, 2.75) is 19.0 Å². The van der Waals surface area contributed by atoms with E-state index in [4.69, 9.17) is 40.1 Å². The van der Waals surface area contributed by atoms with E-state index in [0.29, 0.717) is 6.42 Å². The fourth-order valence-corrected chi connectivity index (χ4v) is 1.57. The van der Waals surface area contributed by atoms with Crippen molar-refractivity contribution >= 4 is 34.2 Å². The Morgan fingerprint density at radius 1 is 0.833 bits per heavy atom. The molecule has 0 bridgehead atoms. The SMILES string of the molecule is Nc1c(N)c(N)c(C(=O)CCC(N)N)c(N)c1N. The highest BCUT2D eigenvalue weighted by Gasteiger charge is 2.21. The van der Waals surface area contributed by atoms with E-state index in [1.165, 1.54) is 0 Å². The van der Waals surface area contributed by atoms with Crippen molar-refractivity contribution in [2.24, 2.45) is 11.5 Å². The van der Waals surface area contributed by atoms with Gasteiger partial charge < -0.3 is 40.1 Å². The zero-order chi connectivity index (χ0) is 14.0. The number of hydrogen-bond donors (Lipinski definition) is 7. The lowest BCUT2D eigenvalue weighted by molar-refractivity contribution is 0.0979. The first-order chi connectivity index (χ1) is 8.27. The number of nitrogens with two attached hydrogens (primary N) is 7. The molecule has 0 radical (unpaired) electrons. The number of benzene rings is 1. The first kappa shape index (κ1) is 13.9. The lowest BCUT2D eigenvalue weighted by Gasteiger charge is -2.16. The van der Waals surface area contributed by atoms with E-state index in [9.17, 15) is 4.79 Å². The Kier molecular flexibility index (Phi) is 3.84. The summed E-state index contributed by atoms with van der Waals surface area (Å²) in [6.45, 7) is 0. The van der Waals surface area contributed by atoms with Gasteiger partial charge >= 0.3 is 0 Å². The van der Waals surface area contributed by atoms with E-state index in [-0.39, 0.29) is 46.2 Å². The Bertz CT molecular complexity index is 455. The number of anilines is 5. The monoisotopic (exact) mass is 253 g/mol. The van der Waals surface area contributed by atoms with Gasteiger partial charge in [-0.2, -0.15) is 0 Å². The maximum absolute atomic E-state index is 12.0. The molecule has 14 N–H and O–H groups in total. The highest BCUT2D eigenvalue weighted by atomic mass is 16.1. The molecule has 1 aromatic carbocycles. The first-order valence-electron chi connectivity index (χ1n) is 5.33. The molecule has 8 heteroatoms. The van der Waals surface area contributed by atoms with E-state index in [1.54, 1.807) is 0 Å². The van der Waals surface area contributed by atoms with Crippen molar-refractivity contribution < 1.29 is 4.79 Å². The van der Waals surface area contributed by atoms with Crippen LogP contribution in [0.25, 0.3) is 0 Å². The van der Waals surface area contributed by atoms with Gasteiger partial charge in [0.25, 0.3) is 0 Å². The fourth-order valence-electron chi connectivity index (χ4n) is 1.57. The van der Waals surface area contributed by atoms with Gasteiger partial charge in [0.2, 0.25) is 0 Å². The molecule has 0 saturated carbocycles. The smallest absolute Gasteiger partial charge is 0.167 e. The van der Waals surface area contributed by atoms with Crippen molar-refractivity contribution in [3.63, 3.8) is 0 Å². The van der Waals surface area contributed by atoms with Gasteiger partial charge in [-0.05, 0) is 6.42 Å². The number of ketones is 1. The summed E-state index contributed by atoms with van der Waals surface area (Å²) < 4.78 is 0. The van der Waals surface area contributed by atoms with Gasteiger partial charge in [0.15, 0.2) is 5.78 Å². The minimum Gasteiger partial charge on any atom is -0.396 e. The predicted molar refractivity (Wildman–Crippen MR) is 74.2 cm³/mol. The molecule has 8 nitrogen and oxygen atoms in total. The third-order valence-corrected chi connectivity index (χ3v) is 2.68. The molecule has 0 atom stereocenters. The van der Waals surface area contributed by atoms with Crippen LogP contribution in [0.2, 0.25) is 0 Å². The quantitative estimate of drug-likeness (QED) is 0.197. The number of carbonyl (C=O) groups excluding carboxylic acids is 1. The van der Waals surface area contributed by atoms with Crippen molar-refractivity contribution in [2.75, 3.05) is 28.7 Å². The van der Waals surface area contributed by atoms with Crippen LogP contribution in [0, 0.1) is 0 Å². The van der Waals surface area contributed by atoms with Crippen LogP contribution in [0.3, 0.4) is 0 Å². The lowest BCUT2D eigenvalue weighted by Crippen LogP contribution is -2.31. The summed E-state index contributed by atoms with van der Waals surface area (Å²) in [6, 6.07) is 0. The second-order valence-electron chi connectivity index (χ2n) is 4.07. The standard InChI is InChI=1S/C10H19N7O/c11-4(12)2-1-3(18)5-6(13)8(15)10(17)9(16)7(5)14/h4H,1-2,11-17H2. The molecule has 0 aromatic heterocycles.